The summed E-state index contributed by atoms with van der Waals surface area (Å²) in [6.45, 7) is 1.57. The van der Waals surface area contributed by atoms with Gasteiger partial charge in [-0.3, -0.25) is 14.9 Å². The van der Waals surface area contributed by atoms with E-state index in [0.29, 0.717) is 16.1 Å². The van der Waals surface area contributed by atoms with Gasteiger partial charge >= 0.3 is 5.97 Å². The average Bonchev–Trinajstić information content (AvgIpc) is 3.06. The SMILES string of the molecule is Cc1ccc(C(=O)N2[C@@H](C(=O)O)CS[C@@H]2c2ccccc2Cl)cc1[N+](=O)[O-]. The van der Waals surface area contributed by atoms with Gasteiger partial charge in [0.1, 0.15) is 11.4 Å². The molecule has 27 heavy (non-hydrogen) atoms. The van der Waals surface area contributed by atoms with Gasteiger partial charge in [-0.1, -0.05) is 35.9 Å². The first-order valence-electron chi connectivity index (χ1n) is 7.97. The van der Waals surface area contributed by atoms with Crippen molar-refractivity contribution in [2.45, 2.75) is 18.3 Å². The minimum atomic E-state index is -1.13. The maximum absolute atomic E-state index is 13.1. The fraction of sp³-hybridized carbons (Fsp3) is 0.222. The molecule has 7 nitrogen and oxygen atoms in total. The first kappa shape index (κ1) is 19.2. The molecule has 140 valence electrons. The highest BCUT2D eigenvalue weighted by Gasteiger charge is 2.43. The quantitative estimate of drug-likeness (QED) is 0.610. The Morgan fingerprint density at radius 1 is 1.30 bits per heavy atom. The molecule has 3 rings (SSSR count). The molecule has 0 radical (unpaired) electrons. The molecular formula is C18H15ClN2O5S. The molecule has 0 saturated carbocycles. The Morgan fingerprint density at radius 3 is 2.63 bits per heavy atom. The lowest BCUT2D eigenvalue weighted by Crippen LogP contribution is -2.43. The molecule has 0 spiro atoms. The summed E-state index contributed by atoms with van der Waals surface area (Å²) in [6, 6.07) is 10.00. The molecule has 1 N–H and O–H groups in total. The van der Waals surface area contributed by atoms with Gasteiger partial charge in [-0.15, -0.1) is 11.8 Å². The second-order valence-electron chi connectivity index (χ2n) is 6.03. The zero-order valence-corrected chi connectivity index (χ0v) is 15.7. The van der Waals surface area contributed by atoms with Crippen LogP contribution in [0.1, 0.15) is 26.9 Å². The second kappa shape index (κ2) is 7.58. The highest BCUT2D eigenvalue weighted by atomic mass is 35.5. The molecule has 0 bridgehead atoms. The third-order valence-corrected chi connectivity index (χ3v) is 5.99. The highest BCUT2D eigenvalue weighted by Crippen LogP contribution is 2.44. The molecule has 2 atom stereocenters. The molecule has 1 fully saturated rings. The molecule has 0 aliphatic carbocycles. The van der Waals surface area contributed by atoms with E-state index in [1.54, 1.807) is 31.2 Å². The number of thioether (sulfide) groups is 1. The van der Waals surface area contributed by atoms with E-state index in [2.05, 4.69) is 0 Å². The summed E-state index contributed by atoms with van der Waals surface area (Å²) in [4.78, 5) is 36.7. The predicted molar refractivity (Wildman–Crippen MR) is 102 cm³/mol. The van der Waals surface area contributed by atoms with E-state index in [9.17, 15) is 24.8 Å². The van der Waals surface area contributed by atoms with E-state index < -0.39 is 28.2 Å². The number of aryl methyl sites for hydroxylation is 1. The standard InChI is InChI=1S/C18H15ClN2O5S/c1-10-6-7-11(8-14(10)21(25)26)16(22)20-15(18(23)24)9-27-17(20)12-4-2-3-5-13(12)19/h2-8,15,17H,9H2,1H3,(H,23,24)/t15-,17-/m1/s1. The molecule has 1 aliphatic heterocycles. The Bertz CT molecular complexity index is 936. The highest BCUT2D eigenvalue weighted by molar-refractivity contribution is 7.99. The van der Waals surface area contributed by atoms with Crippen molar-refractivity contribution >= 4 is 40.9 Å². The smallest absolute Gasteiger partial charge is 0.327 e. The molecule has 0 unspecified atom stereocenters. The number of carbonyl (C=O) groups excluding carboxylic acids is 1. The summed E-state index contributed by atoms with van der Waals surface area (Å²) in [5.41, 5.74) is 0.930. The third kappa shape index (κ3) is 3.63. The van der Waals surface area contributed by atoms with Crippen molar-refractivity contribution in [2.24, 2.45) is 0 Å². The lowest BCUT2D eigenvalue weighted by atomic mass is 10.1. The van der Waals surface area contributed by atoms with Gasteiger partial charge in [0.2, 0.25) is 0 Å². The van der Waals surface area contributed by atoms with Gasteiger partial charge < -0.3 is 10.0 Å². The van der Waals surface area contributed by atoms with E-state index in [1.807, 2.05) is 0 Å². The topological polar surface area (TPSA) is 101 Å². The van der Waals surface area contributed by atoms with Crippen molar-refractivity contribution in [1.29, 1.82) is 0 Å². The number of carboxylic acids is 1. The van der Waals surface area contributed by atoms with Crippen molar-refractivity contribution < 1.29 is 19.6 Å². The van der Waals surface area contributed by atoms with Crippen molar-refractivity contribution in [3.8, 4) is 0 Å². The van der Waals surface area contributed by atoms with Gasteiger partial charge in [0, 0.05) is 33.5 Å². The number of carboxylic acid groups (broad SMARTS) is 1. The number of aliphatic carboxylic acids is 1. The van der Waals surface area contributed by atoms with Crippen LogP contribution in [0.2, 0.25) is 5.02 Å². The van der Waals surface area contributed by atoms with Gasteiger partial charge in [-0.05, 0) is 19.1 Å². The van der Waals surface area contributed by atoms with Gasteiger partial charge in [0.25, 0.3) is 11.6 Å². The molecular weight excluding hydrogens is 392 g/mol. The minimum absolute atomic E-state index is 0.0677. The Morgan fingerprint density at radius 2 is 2.00 bits per heavy atom. The van der Waals surface area contributed by atoms with E-state index in [4.69, 9.17) is 11.6 Å². The van der Waals surface area contributed by atoms with Crippen LogP contribution in [0.5, 0.6) is 0 Å². The van der Waals surface area contributed by atoms with E-state index in [-0.39, 0.29) is 17.0 Å². The first-order chi connectivity index (χ1) is 12.8. The lowest BCUT2D eigenvalue weighted by molar-refractivity contribution is -0.385. The first-order valence-corrected chi connectivity index (χ1v) is 9.40. The summed E-state index contributed by atoms with van der Waals surface area (Å²) in [6.07, 6.45) is 0. The van der Waals surface area contributed by atoms with Gasteiger partial charge in [-0.25, -0.2) is 4.79 Å². The number of hydrogen-bond donors (Lipinski definition) is 1. The maximum atomic E-state index is 13.1. The number of nitro groups is 1. The van der Waals surface area contributed by atoms with E-state index in [0.717, 1.165) is 0 Å². The molecule has 2 aromatic carbocycles. The normalized spacial score (nSPS) is 19.1. The Labute approximate surface area is 164 Å². The second-order valence-corrected chi connectivity index (χ2v) is 7.55. The van der Waals surface area contributed by atoms with E-state index in [1.165, 1.54) is 34.9 Å². The fourth-order valence-electron chi connectivity index (χ4n) is 2.95. The van der Waals surface area contributed by atoms with Gasteiger partial charge in [0.05, 0.1) is 4.92 Å². The molecule has 0 aromatic heterocycles. The predicted octanol–water partition coefficient (Wildman–Crippen LogP) is 3.90. The number of nitro benzene ring substituents is 1. The Balaban J connectivity index is 2.05. The minimum Gasteiger partial charge on any atom is -0.480 e. The van der Waals surface area contributed by atoms with E-state index >= 15 is 0 Å². The van der Waals surface area contributed by atoms with Crippen LogP contribution in [0.15, 0.2) is 42.5 Å². The number of rotatable bonds is 4. The van der Waals surface area contributed by atoms with Crippen LogP contribution in [0.4, 0.5) is 5.69 Å². The number of halogens is 1. The average molecular weight is 407 g/mol. The maximum Gasteiger partial charge on any atom is 0.327 e. The van der Waals surface area contributed by atoms with Crippen LogP contribution in [-0.2, 0) is 4.79 Å². The van der Waals surface area contributed by atoms with Crippen LogP contribution >= 0.6 is 23.4 Å². The summed E-state index contributed by atoms with van der Waals surface area (Å²) < 4.78 is 0. The number of benzene rings is 2. The zero-order chi connectivity index (χ0) is 19.7. The monoisotopic (exact) mass is 406 g/mol. The molecule has 1 saturated heterocycles. The van der Waals surface area contributed by atoms with Crippen LogP contribution in [0, 0.1) is 17.0 Å². The summed E-state index contributed by atoms with van der Waals surface area (Å²) >= 11 is 7.54. The Hall–Kier alpha value is -2.58. The molecule has 1 heterocycles. The van der Waals surface area contributed by atoms with Crippen LogP contribution in [0.25, 0.3) is 0 Å². The van der Waals surface area contributed by atoms with Crippen LogP contribution in [-0.4, -0.2) is 38.6 Å². The van der Waals surface area contributed by atoms with Crippen molar-refractivity contribution in [2.75, 3.05) is 5.75 Å². The molecule has 1 aliphatic rings. The zero-order valence-electron chi connectivity index (χ0n) is 14.2. The molecule has 2 aromatic rings. The summed E-state index contributed by atoms with van der Waals surface area (Å²) in [5, 5.41) is 20.6. The van der Waals surface area contributed by atoms with Gasteiger partial charge in [-0.2, -0.15) is 0 Å². The summed E-state index contributed by atoms with van der Waals surface area (Å²) in [7, 11) is 0. The van der Waals surface area contributed by atoms with Crippen molar-refractivity contribution in [3.05, 3.63) is 74.3 Å². The van der Waals surface area contributed by atoms with Crippen molar-refractivity contribution in [1.82, 2.24) is 4.90 Å². The third-order valence-electron chi connectivity index (χ3n) is 4.34. The Kier molecular flexibility index (Phi) is 5.38. The number of carbonyl (C=O) groups is 2. The number of nitrogens with zero attached hydrogens (tertiary/aromatic N) is 2. The lowest BCUT2D eigenvalue weighted by Gasteiger charge is -2.28. The fourth-order valence-corrected chi connectivity index (χ4v) is 4.71. The number of hydrogen-bond acceptors (Lipinski definition) is 5. The molecule has 9 heteroatoms. The van der Waals surface area contributed by atoms with Crippen LogP contribution in [0.3, 0.4) is 0 Å². The van der Waals surface area contributed by atoms with Gasteiger partial charge in [0.15, 0.2) is 0 Å². The largest absolute Gasteiger partial charge is 0.480 e. The number of amides is 1. The molecule has 1 amide bonds. The summed E-state index contributed by atoms with van der Waals surface area (Å²) in [5.74, 6) is -1.52. The van der Waals surface area contributed by atoms with Crippen LogP contribution < -0.4 is 0 Å². The van der Waals surface area contributed by atoms with Crippen molar-refractivity contribution in [3.63, 3.8) is 0 Å².